The summed E-state index contributed by atoms with van der Waals surface area (Å²) in [4.78, 5) is 2.40. The van der Waals surface area contributed by atoms with E-state index in [1.165, 1.54) is 25.7 Å². The van der Waals surface area contributed by atoms with Gasteiger partial charge in [0.1, 0.15) is 0 Å². The first-order valence-electron chi connectivity index (χ1n) is 6.66. The van der Waals surface area contributed by atoms with Crippen molar-refractivity contribution in [3.63, 3.8) is 0 Å². The predicted octanol–water partition coefficient (Wildman–Crippen LogP) is 0.885. The second-order valence-electron chi connectivity index (χ2n) is 4.91. The molecule has 0 unspecified atom stereocenters. The van der Waals surface area contributed by atoms with E-state index in [1.54, 1.807) is 6.92 Å². The molecular formula is C12H26N2O2S. The fraction of sp³-hybridized carbons (Fsp3) is 1.00. The van der Waals surface area contributed by atoms with Crippen molar-refractivity contribution in [3.05, 3.63) is 0 Å². The van der Waals surface area contributed by atoms with E-state index in [-0.39, 0.29) is 11.5 Å². The van der Waals surface area contributed by atoms with Gasteiger partial charge in [-0.25, -0.2) is 8.42 Å². The number of nitrogens with zero attached hydrogens (tertiary/aromatic N) is 1. The molecule has 0 aromatic heterocycles. The average molecular weight is 262 g/mol. The minimum atomic E-state index is -2.81. The summed E-state index contributed by atoms with van der Waals surface area (Å²) >= 11 is 0. The second kappa shape index (κ2) is 7.34. The Bertz CT molecular complexity index is 298. The average Bonchev–Trinajstić information content (AvgIpc) is 2.82. The highest BCUT2D eigenvalue weighted by atomic mass is 32.2. The molecule has 0 atom stereocenters. The summed E-state index contributed by atoms with van der Waals surface area (Å²) in [5.41, 5.74) is 0. The lowest BCUT2D eigenvalue weighted by atomic mass is 10.2. The third-order valence-corrected chi connectivity index (χ3v) is 5.32. The minimum Gasteiger partial charge on any atom is -0.314 e. The highest BCUT2D eigenvalue weighted by Crippen LogP contribution is 2.21. The van der Waals surface area contributed by atoms with Crippen LogP contribution < -0.4 is 5.32 Å². The summed E-state index contributed by atoms with van der Waals surface area (Å²) in [6, 6.07) is 0.746. The molecule has 1 aliphatic carbocycles. The summed E-state index contributed by atoms with van der Waals surface area (Å²) in [6.45, 7) is 4.17. The molecule has 0 spiro atoms. The van der Waals surface area contributed by atoms with E-state index in [4.69, 9.17) is 0 Å². The van der Waals surface area contributed by atoms with Gasteiger partial charge in [0.2, 0.25) is 0 Å². The van der Waals surface area contributed by atoms with Gasteiger partial charge in [0.15, 0.2) is 9.84 Å². The maximum atomic E-state index is 11.3. The van der Waals surface area contributed by atoms with Gasteiger partial charge in [-0.05, 0) is 19.9 Å². The van der Waals surface area contributed by atoms with Crippen LogP contribution in [0.25, 0.3) is 0 Å². The van der Waals surface area contributed by atoms with Gasteiger partial charge in [0.05, 0.1) is 5.75 Å². The summed E-state index contributed by atoms with van der Waals surface area (Å²) in [6.07, 6.45) is 5.36. The number of hydrogen-bond acceptors (Lipinski definition) is 4. The first kappa shape index (κ1) is 14.9. The van der Waals surface area contributed by atoms with Crippen LogP contribution in [-0.2, 0) is 9.84 Å². The number of rotatable bonds is 8. The molecule has 0 aromatic carbocycles. The summed E-state index contributed by atoms with van der Waals surface area (Å²) in [5.74, 6) is 0.507. The Morgan fingerprint density at radius 2 is 1.88 bits per heavy atom. The Morgan fingerprint density at radius 1 is 1.24 bits per heavy atom. The van der Waals surface area contributed by atoms with Crippen molar-refractivity contribution in [3.8, 4) is 0 Å². The number of likely N-dealkylation sites (N-methyl/N-ethyl adjacent to an activating group) is 1. The van der Waals surface area contributed by atoms with Gasteiger partial charge in [0, 0.05) is 31.4 Å². The Labute approximate surface area is 106 Å². The monoisotopic (exact) mass is 262 g/mol. The maximum absolute atomic E-state index is 11.3. The normalized spacial score (nSPS) is 18.1. The maximum Gasteiger partial charge on any atom is 0.151 e. The SMILES string of the molecule is CCS(=O)(=O)CCNCCN(C)C1CCCC1. The molecule has 1 rings (SSSR count). The van der Waals surface area contributed by atoms with Gasteiger partial charge in [-0.2, -0.15) is 0 Å². The fourth-order valence-electron chi connectivity index (χ4n) is 2.28. The van der Waals surface area contributed by atoms with Crippen LogP contribution in [0.4, 0.5) is 0 Å². The molecule has 0 heterocycles. The topological polar surface area (TPSA) is 49.4 Å². The van der Waals surface area contributed by atoms with E-state index in [0.717, 1.165) is 19.1 Å². The van der Waals surface area contributed by atoms with Crippen LogP contribution in [0.15, 0.2) is 0 Å². The summed E-state index contributed by atoms with van der Waals surface area (Å²) in [5, 5.41) is 3.21. The van der Waals surface area contributed by atoms with Gasteiger partial charge < -0.3 is 10.2 Å². The lowest BCUT2D eigenvalue weighted by Crippen LogP contribution is -2.36. The zero-order valence-corrected chi connectivity index (χ0v) is 11.9. The number of nitrogens with one attached hydrogen (secondary N) is 1. The summed E-state index contributed by atoms with van der Waals surface area (Å²) in [7, 11) is -0.645. The van der Waals surface area contributed by atoms with Crippen LogP contribution >= 0.6 is 0 Å². The van der Waals surface area contributed by atoms with Gasteiger partial charge in [0.25, 0.3) is 0 Å². The molecule has 5 heteroatoms. The van der Waals surface area contributed by atoms with Crippen LogP contribution in [0.5, 0.6) is 0 Å². The molecule has 1 fully saturated rings. The van der Waals surface area contributed by atoms with Crippen LogP contribution in [0.2, 0.25) is 0 Å². The van der Waals surface area contributed by atoms with Crippen molar-refractivity contribution in [2.75, 3.05) is 38.2 Å². The molecule has 4 nitrogen and oxygen atoms in total. The zero-order valence-electron chi connectivity index (χ0n) is 11.1. The first-order valence-corrected chi connectivity index (χ1v) is 8.48. The minimum absolute atomic E-state index is 0.247. The highest BCUT2D eigenvalue weighted by Gasteiger charge is 2.18. The van der Waals surface area contributed by atoms with Gasteiger partial charge in [-0.3, -0.25) is 0 Å². The van der Waals surface area contributed by atoms with Crippen molar-refractivity contribution < 1.29 is 8.42 Å². The Balaban J connectivity index is 2.04. The third kappa shape index (κ3) is 5.84. The lowest BCUT2D eigenvalue weighted by molar-refractivity contribution is 0.246. The Hall–Kier alpha value is -0.130. The molecule has 1 aliphatic rings. The molecule has 0 radical (unpaired) electrons. The van der Waals surface area contributed by atoms with Gasteiger partial charge in [-0.1, -0.05) is 19.8 Å². The molecule has 1 saturated carbocycles. The third-order valence-electron chi connectivity index (χ3n) is 3.62. The predicted molar refractivity (Wildman–Crippen MR) is 72.1 cm³/mol. The second-order valence-corrected chi connectivity index (χ2v) is 7.38. The van der Waals surface area contributed by atoms with Crippen molar-refractivity contribution in [2.45, 2.75) is 38.6 Å². The van der Waals surface area contributed by atoms with Crippen LogP contribution in [0.1, 0.15) is 32.6 Å². The molecule has 0 bridgehead atoms. The van der Waals surface area contributed by atoms with Crippen molar-refractivity contribution in [2.24, 2.45) is 0 Å². The standard InChI is InChI=1S/C12H26N2O2S/c1-3-17(15,16)11-9-13-8-10-14(2)12-6-4-5-7-12/h12-13H,3-11H2,1-2H3. The number of sulfone groups is 1. The van der Waals surface area contributed by atoms with E-state index in [9.17, 15) is 8.42 Å². The van der Waals surface area contributed by atoms with Crippen molar-refractivity contribution in [1.29, 1.82) is 0 Å². The van der Waals surface area contributed by atoms with Crippen LogP contribution in [-0.4, -0.2) is 57.5 Å². The van der Waals surface area contributed by atoms with Crippen LogP contribution in [0.3, 0.4) is 0 Å². The largest absolute Gasteiger partial charge is 0.314 e. The van der Waals surface area contributed by atoms with Crippen LogP contribution in [0, 0.1) is 0 Å². The first-order chi connectivity index (χ1) is 8.05. The Kier molecular flexibility index (Phi) is 6.44. The lowest BCUT2D eigenvalue weighted by Gasteiger charge is -2.23. The molecule has 0 saturated heterocycles. The fourth-order valence-corrected chi connectivity index (χ4v) is 3.02. The van der Waals surface area contributed by atoms with Gasteiger partial charge >= 0.3 is 0 Å². The van der Waals surface area contributed by atoms with E-state index in [0.29, 0.717) is 6.54 Å². The van der Waals surface area contributed by atoms with Crippen molar-refractivity contribution >= 4 is 9.84 Å². The molecule has 0 aromatic rings. The van der Waals surface area contributed by atoms with E-state index in [2.05, 4.69) is 17.3 Å². The highest BCUT2D eigenvalue weighted by molar-refractivity contribution is 7.91. The van der Waals surface area contributed by atoms with Crippen molar-refractivity contribution in [1.82, 2.24) is 10.2 Å². The molecule has 1 N–H and O–H groups in total. The molecule has 17 heavy (non-hydrogen) atoms. The molecule has 102 valence electrons. The molecular weight excluding hydrogens is 236 g/mol. The quantitative estimate of drug-likeness (QED) is 0.660. The molecule has 0 aliphatic heterocycles. The van der Waals surface area contributed by atoms with E-state index in [1.807, 2.05) is 0 Å². The van der Waals surface area contributed by atoms with Gasteiger partial charge in [-0.15, -0.1) is 0 Å². The zero-order chi connectivity index (χ0) is 12.7. The Morgan fingerprint density at radius 3 is 2.47 bits per heavy atom. The van der Waals surface area contributed by atoms with E-state index >= 15 is 0 Å². The number of hydrogen-bond donors (Lipinski definition) is 1. The molecule has 0 amide bonds. The smallest absolute Gasteiger partial charge is 0.151 e. The van der Waals surface area contributed by atoms with E-state index < -0.39 is 9.84 Å². The summed E-state index contributed by atoms with van der Waals surface area (Å²) < 4.78 is 22.5.